The molecule has 0 unspecified atom stereocenters. The Morgan fingerprint density at radius 1 is 1.03 bits per heavy atom. The quantitative estimate of drug-likeness (QED) is 0.435. The van der Waals surface area contributed by atoms with E-state index in [-0.39, 0.29) is 5.91 Å². The van der Waals surface area contributed by atoms with E-state index in [0.717, 1.165) is 27.1 Å². The first-order valence-electron chi connectivity index (χ1n) is 10.4. The zero-order valence-electron chi connectivity index (χ0n) is 17.6. The molecule has 32 heavy (non-hydrogen) atoms. The normalized spacial score (nSPS) is 15.1. The number of hydrogen-bond acceptors (Lipinski definition) is 5. The molecule has 0 N–H and O–H groups in total. The Labute approximate surface area is 189 Å². The minimum absolute atomic E-state index is 0.00832. The van der Waals surface area contributed by atoms with Crippen molar-refractivity contribution in [2.45, 2.75) is 4.90 Å². The van der Waals surface area contributed by atoms with Crippen molar-refractivity contribution in [3.8, 4) is 22.5 Å². The van der Waals surface area contributed by atoms with Gasteiger partial charge in [-0.15, -0.1) is 0 Å². The van der Waals surface area contributed by atoms with E-state index < -0.39 is 11.2 Å². The van der Waals surface area contributed by atoms with Crippen molar-refractivity contribution in [2.75, 3.05) is 32.6 Å². The molecule has 1 aliphatic heterocycles. The van der Waals surface area contributed by atoms with Gasteiger partial charge in [-0.1, -0.05) is 12.1 Å². The minimum atomic E-state index is -1.03. The third kappa shape index (κ3) is 4.02. The highest BCUT2D eigenvalue weighted by molar-refractivity contribution is 7.90. The van der Waals surface area contributed by atoms with Gasteiger partial charge in [0.1, 0.15) is 17.5 Å². The van der Waals surface area contributed by atoms with Crippen LogP contribution in [0.4, 0.5) is 0 Å². The number of carbonyl (C=O) groups is 1. The third-order valence-corrected chi connectivity index (χ3v) is 6.54. The molecule has 162 valence electrons. The number of aromatic nitrogens is 1. The largest absolute Gasteiger partial charge is 0.612 e. The van der Waals surface area contributed by atoms with Crippen LogP contribution in [0, 0.1) is 0 Å². The first kappa shape index (κ1) is 20.8. The molecule has 0 aliphatic carbocycles. The molecule has 6 nitrogen and oxygen atoms in total. The van der Waals surface area contributed by atoms with E-state index in [0.29, 0.717) is 43.2 Å². The van der Waals surface area contributed by atoms with Gasteiger partial charge < -0.3 is 18.6 Å². The Bertz CT molecular complexity index is 1260. The number of benzene rings is 2. The van der Waals surface area contributed by atoms with Gasteiger partial charge in [0.25, 0.3) is 5.91 Å². The van der Waals surface area contributed by atoms with E-state index in [1.54, 1.807) is 12.5 Å². The van der Waals surface area contributed by atoms with Gasteiger partial charge in [0.2, 0.25) is 0 Å². The highest BCUT2D eigenvalue weighted by atomic mass is 32.2. The number of morpholine rings is 1. The molecule has 0 saturated carbocycles. The summed E-state index contributed by atoms with van der Waals surface area (Å²) in [6.45, 7) is 2.35. The van der Waals surface area contributed by atoms with Crippen LogP contribution < -0.4 is 0 Å². The number of fused-ring (bicyclic) bond motifs is 1. The first-order chi connectivity index (χ1) is 15.6. The van der Waals surface area contributed by atoms with Crippen LogP contribution >= 0.6 is 0 Å². The van der Waals surface area contributed by atoms with Gasteiger partial charge in [0, 0.05) is 42.0 Å². The van der Waals surface area contributed by atoms with Crippen LogP contribution in [0.2, 0.25) is 0 Å². The van der Waals surface area contributed by atoms with Crippen molar-refractivity contribution >= 4 is 28.2 Å². The molecular weight excluding hydrogens is 424 g/mol. The summed E-state index contributed by atoms with van der Waals surface area (Å²) < 4.78 is 23.2. The molecule has 0 spiro atoms. The smallest absolute Gasteiger partial charge is 0.254 e. The van der Waals surface area contributed by atoms with E-state index in [1.165, 1.54) is 0 Å². The Balaban J connectivity index is 1.50. The lowest BCUT2D eigenvalue weighted by molar-refractivity contribution is 0.0303. The summed E-state index contributed by atoms with van der Waals surface area (Å²) in [7, 11) is 0. The summed E-state index contributed by atoms with van der Waals surface area (Å²) in [4.78, 5) is 20.0. The first-order valence-corrected chi connectivity index (χ1v) is 12.0. The number of pyridine rings is 1. The number of ether oxygens (including phenoxy) is 1. The van der Waals surface area contributed by atoms with Crippen LogP contribution in [-0.2, 0) is 15.9 Å². The molecule has 0 bridgehead atoms. The number of rotatable bonds is 4. The van der Waals surface area contributed by atoms with E-state index in [2.05, 4.69) is 4.98 Å². The lowest BCUT2D eigenvalue weighted by Crippen LogP contribution is -2.40. The molecule has 0 radical (unpaired) electrons. The third-order valence-electron chi connectivity index (χ3n) is 5.60. The molecule has 1 fully saturated rings. The number of hydrogen-bond donors (Lipinski definition) is 0. The van der Waals surface area contributed by atoms with Gasteiger partial charge in [-0.2, -0.15) is 0 Å². The molecule has 1 aliphatic rings. The second kappa shape index (κ2) is 8.78. The Hall–Kier alpha value is -3.13. The second-order valence-electron chi connectivity index (χ2n) is 7.65. The second-order valence-corrected chi connectivity index (χ2v) is 9.03. The van der Waals surface area contributed by atoms with Crippen LogP contribution in [0.3, 0.4) is 0 Å². The zero-order chi connectivity index (χ0) is 22.1. The van der Waals surface area contributed by atoms with Crippen molar-refractivity contribution in [3.63, 3.8) is 0 Å². The maximum atomic E-state index is 12.9. The Morgan fingerprint density at radius 2 is 1.81 bits per heavy atom. The maximum absolute atomic E-state index is 12.9. The van der Waals surface area contributed by atoms with E-state index >= 15 is 0 Å². The summed E-state index contributed by atoms with van der Waals surface area (Å²) in [5.41, 5.74) is 4.72. The van der Waals surface area contributed by atoms with Gasteiger partial charge in [-0.3, -0.25) is 9.78 Å². The molecular formula is C25H22N2O4S. The fourth-order valence-corrected chi connectivity index (χ4v) is 4.41. The van der Waals surface area contributed by atoms with E-state index in [4.69, 9.17) is 9.15 Å². The average molecular weight is 447 g/mol. The Morgan fingerprint density at radius 3 is 2.56 bits per heavy atom. The van der Waals surface area contributed by atoms with Gasteiger partial charge in [-0.25, -0.2) is 0 Å². The molecule has 1 amide bonds. The van der Waals surface area contributed by atoms with Gasteiger partial charge >= 0.3 is 0 Å². The fourth-order valence-electron chi connectivity index (χ4n) is 3.89. The van der Waals surface area contributed by atoms with Crippen LogP contribution in [0.15, 0.2) is 76.2 Å². The maximum Gasteiger partial charge on any atom is 0.254 e. The van der Waals surface area contributed by atoms with E-state index in [1.807, 2.05) is 65.6 Å². The van der Waals surface area contributed by atoms with Crippen molar-refractivity contribution in [2.24, 2.45) is 0 Å². The lowest BCUT2D eigenvalue weighted by Gasteiger charge is -2.27. The van der Waals surface area contributed by atoms with Crippen LogP contribution in [0.25, 0.3) is 33.6 Å². The number of nitrogens with zero attached hydrogens (tertiary/aromatic N) is 2. The van der Waals surface area contributed by atoms with Crippen molar-refractivity contribution in [3.05, 3.63) is 72.4 Å². The highest BCUT2D eigenvalue weighted by Gasteiger charge is 2.20. The molecule has 1 atom stereocenters. The average Bonchev–Trinajstić information content (AvgIpc) is 3.29. The summed E-state index contributed by atoms with van der Waals surface area (Å²) in [6, 6.07) is 18.9. The van der Waals surface area contributed by atoms with E-state index in [9.17, 15) is 9.35 Å². The molecule has 1 saturated heterocycles. The predicted molar refractivity (Wildman–Crippen MR) is 124 cm³/mol. The number of carbonyl (C=O) groups excluding carboxylic acids is 1. The van der Waals surface area contributed by atoms with Crippen LogP contribution in [0.5, 0.6) is 0 Å². The van der Waals surface area contributed by atoms with Gasteiger partial charge in [0.05, 0.1) is 13.2 Å². The molecule has 3 heterocycles. The van der Waals surface area contributed by atoms with Gasteiger partial charge in [0.15, 0.2) is 10.5 Å². The molecule has 7 heteroatoms. The molecule has 5 rings (SSSR count). The molecule has 4 aromatic rings. The highest BCUT2D eigenvalue weighted by Crippen LogP contribution is 2.34. The SMILES string of the molecule is C[S@@+]([O-])c1ccc(-c2cc3nccc(-c4cccc(C(=O)N5CCOCC5)c4)c3o2)cc1. The van der Waals surface area contributed by atoms with Crippen LogP contribution in [-0.4, -0.2) is 52.9 Å². The summed E-state index contributed by atoms with van der Waals surface area (Å²) in [5.74, 6) is 0.697. The summed E-state index contributed by atoms with van der Waals surface area (Å²) in [5, 5.41) is 0. The molecule has 2 aromatic heterocycles. The standard InChI is InChI=1S/C25H22N2O4S/c1-32(29)20-7-5-17(6-8-20)23-16-22-24(31-23)21(9-10-26-22)18-3-2-4-19(15-18)25(28)27-11-13-30-14-12-27/h2-10,15-16H,11-14H2,1H3/t32-/m1/s1. The Kier molecular flexibility index (Phi) is 5.70. The van der Waals surface area contributed by atoms with Crippen molar-refractivity contribution in [1.82, 2.24) is 9.88 Å². The van der Waals surface area contributed by atoms with Crippen molar-refractivity contribution < 1.29 is 18.5 Å². The summed E-state index contributed by atoms with van der Waals surface area (Å²) in [6.07, 6.45) is 3.40. The summed E-state index contributed by atoms with van der Waals surface area (Å²) >= 11 is -1.03. The van der Waals surface area contributed by atoms with Crippen LogP contribution in [0.1, 0.15) is 10.4 Å². The lowest BCUT2D eigenvalue weighted by atomic mass is 10.0. The predicted octanol–water partition coefficient (Wildman–Crippen LogP) is 4.37. The van der Waals surface area contributed by atoms with Crippen molar-refractivity contribution in [1.29, 1.82) is 0 Å². The van der Waals surface area contributed by atoms with Gasteiger partial charge in [-0.05, 0) is 59.2 Å². The number of furan rings is 1. The monoisotopic (exact) mass is 446 g/mol. The topological polar surface area (TPSA) is 78.6 Å². The minimum Gasteiger partial charge on any atom is -0.612 e. The number of amides is 1. The zero-order valence-corrected chi connectivity index (χ0v) is 18.4. The molecule has 2 aromatic carbocycles. The fraction of sp³-hybridized carbons (Fsp3) is 0.200.